The lowest BCUT2D eigenvalue weighted by atomic mass is 9.96. The first-order chi connectivity index (χ1) is 8.59. The van der Waals surface area contributed by atoms with Crippen molar-refractivity contribution in [3.63, 3.8) is 0 Å². The highest BCUT2D eigenvalue weighted by atomic mass is 32.2. The van der Waals surface area contributed by atoms with Crippen LogP contribution in [0, 0.1) is 5.92 Å². The maximum atomic E-state index is 12.1. The molecule has 1 aliphatic carbocycles. The summed E-state index contributed by atoms with van der Waals surface area (Å²) in [5.74, 6) is 0.225. The molecule has 2 rings (SSSR count). The third-order valence-electron chi connectivity index (χ3n) is 3.41. The number of aliphatic hydroxyl groups is 1. The normalized spacial score (nSPS) is 18.2. The van der Waals surface area contributed by atoms with Crippen molar-refractivity contribution in [1.29, 1.82) is 0 Å². The molecule has 1 aromatic heterocycles. The van der Waals surface area contributed by atoms with Crippen molar-refractivity contribution in [2.24, 2.45) is 5.92 Å². The van der Waals surface area contributed by atoms with E-state index in [1.165, 1.54) is 11.8 Å². The second-order valence-corrected chi connectivity index (χ2v) is 5.72. The Kier molecular flexibility index (Phi) is 3.92. The minimum absolute atomic E-state index is 0.0280. The summed E-state index contributed by atoms with van der Waals surface area (Å²) in [5, 5.41) is 13.3. The van der Waals surface area contributed by atoms with Crippen LogP contribution in [-0.2, 0) is 0 Å². The minimum Gasteiger partial charge on any atom is -0.394 e. The second kappa shape index (κ2) is 5.28. The lowest BCUT2D eigenvalue weighted by Crippen LogP contribution is -2.50. The molecule has 5 heteroatoms. The number of nitrogens with zero attached hydrogens (tertiary/aromatic N) is 1. The number of carbonyl (C=O) groups is 1. The molecule has 0 saturated heterocycles. The fraction of sp³-hybridized carbons (Fsp3) is 0.538. The first-order valence-electron chi connectivity index (χ1n) is 6.02. The number of thioether (sulfide) groups is 1. The van der Waals surface area contributed by atoms with Crippen molar-refractivity contribution >= 4 is 17.7 Å². The molecule has 18 heavy (non-hydrogen) atoms. The van der Waals surface area contributed by atoms with Crippen molar-refractivity contribution in [2.75, 3.05) is 12.9 Å². The number of hydrogen-bond acceptors (Lipinski definition) is 4. The van der Waals surface area contributed by atoms with Gasteiger partial charge in [-0.05, 0) is 44.1 Å². The van der Waals surface area contributed by atoms with Gasteiger partial charge < -0.3 is 10.4 Å². The van der Waals surface area contributed by atoms with Gasteiger partial charge in [0, 0.05) is 6.20 Å². The molecule has 1 unspecified atom stereocenters. The number of carbonyl (C=O) groups excluding carboxylic acids is 1. The van der Waals surface area contributed by atoms with Gasteiger partial charge in [0.25, 0.3) is 5.91 Å². The largest absolute Gasteiger partial charge is 0.394 e. The Bertz CT molecular complexity index is 431. The summed E-state index contributed by atoms with van der Waals surface area (Å²) in [5.41, 5.74) is 0.0306. The Morgan fingerprint density at radius 2 is 2.33 bits per heavy atom. The van der Waals surface area contributed by atoms with Gasteiger partial charge in [0.05, 0.1) is 22.7 Å². The average Bonchev–Trinajstić information content (AvgIpc) is 3.23. The van der Waals surface area contributed by atoms with E-state index in [-0.39, 0.29) is 12.5 Å². The van der Waals surface area contributed by atoms with Gasteiger partial charge in [0.1, 0.15) is 0 Å². The molecule has 1 aliphatic rings. The monoisotopic (exact) mass is 266 g/mol. The van der Waals surface area contributed by atoms with Gasteiger partial charge in [0.15, 0.2) is 0 Å². The first-order valence-corrected chi connectivity index (χ1v) is 7.25. The van der Waals surface area contributed by atoms with Crippen molar-refractivity contribution < 1.29 is 9.90 Å². The number of hydrogen-bond donors (Lipinski definition) is 2. The van der Waals surface area contributed by atoms with E-state index < -0.39 is 5.54 Å². The zero-order valence-corrected chi connectivity index (χ0v) is 11.5. The third kappa shape index (κ3) is 2.84. The predicted molar refractivity (Wildman–Crippen MR) is 71.7 cm³/mol. The number of pyridine rings is 1. The van der Waals surface area contributed by atoms with Gasteiger partial charge in [0.2, 0.25) is 0 Å². The topological polar surface area (TPSA) is 62.2 Å². The lowest BCUT2D eigenvalue weighted by molar-refractivity contribution is 0.0824. The SMILES string of the molecule is CSc1ccc(C(=O)NC(C)(CO)C2CC2)cn1. The van der Waals surface area contributed by atoms with Gasteiger partial charge in [-0.15, -0.1) is 11.8 Å². The number of aliphatic hydroxyl groups excluding tert-OH is 1. The van der Waals surface area contributed by atoms with Gasteiger partial charge in [-0.2, -0.15) is 0 Å². The van der Waals surface area contributed by atoms with E-state index in [0.717, 1.165) is 17.9 Å². The van der Waals surface area contributed by atoms with Crippen molar-refractivity contribution in [2.45, 2.75) is 30.3 Å². The molecule has 1 aromatic rings. The first kappa shape index (κ1) is 13.4. The lowest BCUT2D eigenvalue weighted by Gasteiger charge is -2.28. The maximum Gasteiger partial charge on any atom is 0.253 e. The third-order valence-corrected chi connectivity index (χ3v) is 4.07. The summed E-state index contributed by atoms with van der Waals surface area (Å²) < 4.78 is 0. The van der Waals surface area contributed by atoms with E-state index in [4.69, 9.17) is 0 Å². The van der Waals surface area contributed by atoms with E-state index >= 15 is 0 Å². The van der Waals surface area contributed by atoms with Crippen LogP contribution >= 0.6 is 11.8 Å². The maximum absolute atomic E-state index is 12.1. The molecule has 1 heterocycles. The van der Waals surface area contributed by atoms with Crippen LogP contribution in [0.15, 0.2) is 23.4 Å². The van der Waals surface area contributed by atoms with Crippen molar-refractivity contribution in [1.82, 2.24) is 10.3 Å². The highest BCUT2D eigenvalue weighted by molar-refractivity contribution is 7.98. The van der Waals surface area contributed by atoms with E-state index in [2.05, 4.69) is 10.3 Å². The van der Waals surface area contributed by atoms with Crippen LogP contribution in [0.25, 0.3) is 0 Å². The number of aromatic nitrogens is 1. The van der Waals surface area contributed by atoms with E-state index in [9.17, 15) is 9.90 Å². The molecule has 0 bridgehead atoms. The van der Waals surface area contributed by atoms with Crippen LogP contribution in [-0.4, -0.2) is 34.4 Å². The Balaban J connectivity index is 2.06. The van der Waals surface area contributed by atoms with Gasteiger partial charge in [-0.1, -0.05) is 0 Å². The summed E-state index contributed by atoms with van der Waals surface area (Å²) in [7, 11) is 0. The molecule has 1 amide bonds. The highest BCUT2D eigenvalue weighted by Crippen LogP contribution is 2.39. The summed E-state index contributed by atoms with van der Waals surface area (Å²) >= 11 is 1.54. The van der Waals surface area contributed by atoms with E-state index in [1.807, 2.05) is 19.2 Å². The zero-order chi connectivity index (χ0) is 13.2. The van der Waals surface area contributed by atoms with Gasteiger partial charge in [-0.25, -0.2) is 4.98 Å². The molecule has 0 aliphatic heterocycles. The van der Waals surface area contributed by atoms with Crippen LogP contribution in [0.1, 0.15) is 30.1 Å². The fourth-order valence-corrected chi connectivity index (χ4v) is 2.32. The van der Waals surface area contributed by atoms with Gasteiger partial charge in [-0.3, -0.25) is 4.79 Å². The van der Waals surface area contributed by atoms with Crippen LogP contribution in [0.2, 0.25) is 0 Å². The molecule has 98 valence electrons. The zero-order valence-electron chi connectivity index (χ0n) is 10.6. The van der Waals surface area contributed by atoms with Crippen LogP contribution in [0.5, 0.6) is 0 Å². The Morgan fingerprint density at radius 1 is 1.61 bits per heavy atom. The molecule has 1 saturated carbocycles. The quantitative estimate of drug-likeness (QED) is 0.796. The predicted octanol–water partition coefficient (Wildman–Crippen LogP) is 1.69. The van der Waals surface area contributed by atoms with Crippen LogP contribution < -0.4 is 5.32 Å². The van der Waals surface area contributed by atoms with E-state index in [1.54, 1.807) is 12.3 Å². The molecule has 0 spiro atoms. The van der Waals surface area contributed by atoms with Gasteiger partial charge >= 0.3 is 0 Å². The molecular weight excluding hydrogens is 248 g/mol. The molecule has 0 radical (unpaired) electrons. The summed E-state index contributed by atoms with van der Waals surface area (Å²) in [6.07, 6.45) is 5.66. The summed E-state index contributed by atoms with van der Waals surface area (Å²) in [4.78, 5) is 16.3. The molecule has 1 atom stereocenters. The van der Waals surface area contributed by atoms with Crippen LogP contribution in [0.4, 0.5) is 0 Å². The Labute approximate surface area is 111 Å². The highest BCUT2D eigenvalue weighted by Gasteiger charge is 2.42. The van der Waals surface area contributed by atoms with Crippen molar-refractivity contribution in [3.8, 4) is 0 Å². The van der Waals surface area contributed by atoms with E-state index in [0.29, 0.717) is 11.5 Å². The fourth-order valence-electron chi connectivity index (χ4n) is 1.96. The Hall–Kier alpha value is -1.07. The molecule has 0 aromatic carbocycles. The minimum atomic E-state index is -0.505. The second-order valence-electron chi connectivity index (χ2n) is 4.89. The van der Waals surface area contributed by atoms with Crippen molar-refractivity contribution in [3.05, 3.63) is 23.9 Å². The standard InChI is InChI=1S/C13H18N2O2S/c1-13(8-16,10-4-5-10)15-12(17)9-3-6-11(18-2)14-7-9/h3,6-7,10,16H,4-5,8H2,1-2H3,(H,15,17). The molecule has 4 nitrogen and oxygen atoms in total. The molecule has 1 fully saturated rings. The summed E-state index contributed by atoms with van der Waals surface area (Å²) in [6.45, 7) is 1.87. The average molecular weight is 266 g/mol. The smallest absolute Gasteiger partial charge is 0.253 e. The number of amides is 1. The Morgan fingerprint density at radius 3 is 2.78 bits per heavy atom. The summed E-state index contributed by atoms with van der Waals surface area (Å²) in [6, 6.07) is 3.59. The number of rotatable bonds is 5. The number of nitrogens with one attached hydrogen (secondary N) is 1. The molecule has 2 N–H and O–H groups in total. The van der Waals surface area contributed by atoms with Crippen LogP contribution in [0.3, 0.4) is 0 Å². The molecular formula is C13H18N2O2S.